The Morgan fingerprint density at radius 1 is 1.36 bits per heavy atom. The van der Waals surface area contributed by atoms with Crippen molar-refractivity contribution in [3.63, 3.8) is 0 Å². The van der Waals surface area contributed by atoms with Crippen LogP contribution in [0.5, 0.6) is 0 Å². The van der Waals surface area contributed by atoms with Gasteiger partial charge in [0.1, 0.15) is 0 Å². The molecule has 22 heavy (non-hydrogen) atoms. The molecule has 2 N–H and O–H groups in total. The summed E-state index contributed by atoms with van der Waals surface area (Å²) >= 11 is 0. The van der Waals surface area contributed by atoms with Crippen LogP contribution in [0, 0.1) is 0 Å². The minimum Gasteiger partial charge on any atom is -0.331 e. The van der Waals surface area contributed by atoms with Crippen LogP contribution in [0.2, 0.25) is 0 Å². The van der Waals surface area contributed by atoms with Crippen molar-refractivity contribution in [2.45, 2.75) is 38.3 Å². The number of carbonyl (C=O) groups is 1. The summed E-state index contributed by atoms with van der Waals surface area (Å²) in [5, 5.41) is 10.4. The molecule has 2 atom stereocenters. The summed E-state index contributed by atoms with van der Waals surface area (Å²) in [7, 11) is 1.87. The number of aryl methyl sites for hydroxylation is 2. The molecule has 0 bridgehead atoms. The van der Waals surface area contributed by atoms with Gasteiger partial charge in [0.25, 0.3) is 0 Å². The van der Waals surface area contributed by atoms with E-state index in [9.17, 15) is 4.79 Å². The molecule has 1 aromatic carbocycles. The number of urea groups is 1. The van der Waals surface area contributed by atoms with Gasteiger partial charge in [-0.2, -0.15) is 5.10 Å². The fraction of sp³-hybridized carbons (Fsp3) is 0.412. The fourth-order valence-corrected chi connectivity index (χ4v) is 3.04. The molecular weight excluding hydrogens is 276 g/mol. The Balaban J connectivity index is 1.63. The van der Waals surface area contributed by atoms with Crippen molar-refractivity contribution >= 4 is 6.03 Å². The zero-order valence-corrected chi connectivity index (χ0v) is 13.0. The van der Waals surface area contributed by atoms with Crippen molar-refractivity contribution in [2.24, 2.45) is 7.05 Å². The van der Waals surface area contributed by atoms with Crippen molar-refractivity contribution in [3.05, 3.63) is 53.3 Å². The molecule has 1 aromatic heterocycles. The highest BCUT2D eigenvalue weighted by Crippen LogP contribution is 2.29. The maximum Gasteiger partial charge on any atom is 0.315 e. The first-order chi connectivity index (χ1) is 10.6. The second-order valence-corrected chi connectivity index (χ2v) is 5.90. The highest BCUT2D eigenvalue weighted by atomic mass is 16.2. The van der Waals surface area contributed by atoms with Crippen LogP contribution in [0.25, 0.3) is 0 Å². The van der Waals surface area contributed by atoms with E-state index in [1.54, 1.807) is 4.68 Å². The van der Waals surface area contributed by atoms with Crippen molar-refractivity contribution in [2.75, 3.05) is 0 Å². The van der Waals surface area contributed by atoms with Gasteiger partial charge in [0, 0.05) is 13.2 Å². The van der Waals surface area contributed by atoms with Crippen LogP contribution < -0.4 is 10.6 Å². The number of amides is 2. The summed E-state index contributed by atoms with van der Waals surface area (Å²) in [4.78, 5) is 12.3. The maximum absolute atomic E-state index is 12.3. The summed E-state index contributed by atoms with van der Waals surface area (Å²) in [6.07, 6.45) is 5.07. The lowest BCUT2D eigenvalue weighted by molar-refractivity contribution is 0.232. The van der Waals surface area contributed by atoms with Crippen LogP contribution in [0.4, 0.5) is 4.79 Å². The average Bonchev–Trinajstić information content (AvgIpc) is 2.94. The Kier molecular flexibility index (Phi) is 4.13. The second kappa shape index (κ2) is 6.22. The molecule has 0 spiro atoms. The normalized spacial score (nSPS) is 18.4. The van der Waals surface area contributed by atoms with Crippen LogP contribution in [0.3, 0.4) is 0 Å². The van der Waals surface area contributed by atoms with Crippen LogP contribution in [0.1, 0.15) is 48.7 Å². The third-order valence-electron chi connectivity index (χ3n) is 4.20. The van der Waals surface area contributed by atoms with E-state index in [1.165, 1.54) is 11.1 Å². The largest absolute Gasteiger partial charge is 0.331 e. The lowest BCUT2D eigenvalue weighted by Gasteiger charge is -2.27. The topological polar surface area (TPSA) is 59.0 Å². The smallest absolute Gasteiger partial charge is 0.315 e. The Hall–Kier alpha value is -2.30. The highest BCUT2D eigenvalue weighted by molar-refractivity contribution is 5.75. The molecule has 0 saturated heterocycles. The molecule has 0 aliphatic heterocycles. The van der Waals surface area contributed by atoms with E-state index in [2.05, 4.69) is 33.9 Å². The van der Waals surface area contributed by atoms with E-state index in [-0.39, 0.29) is 18.1 Å². The van der Waals surface area contributed by atoms with Crippen LogP contribution in [-0.2, 0) is 13.5 Å². The summed E-state index contributed by atoms with van der Waals surface area (Å²) in [5.74, 6) is 0. The molecule has 1 aliphatic carbocycles. The lowest BCUT2D eigenvalue weighted by atomic mass is 9.88. The zero-order valence-electron chi connectivity index (χ0n) is 13.0. The molecule has 2 aromatic rings. The minimum atomic E-state index is -0.139. The van der Waals surface area contributed by atoms with Crippen LogP contribution in [0.15, 0.2) is 36.5 Å². The Bertz CT molecular complexity index is 664. The Morgan fingerprint density at radius 3 is 2.95 bits per heavy atom. The number of nitrogens with one attached hydrogen (secondary N) is 2. The number of benzene rings is 1. The van der Waals surface area contributed by atoms with Gasteiger partial charge in [0.2, 0.25) is 0 Å². The number of carbonyl (C=O) groups excluding carboxylic acids is 1. The van der Waals surface area contributed by atoms with Gasteiger partial charge in [-0.1, -0.05) is 24.3 Å². The Labute approximate surface area is 130 Å². The molecule has 1 heterocycles. The van der Waals surface area contributed by atoms with Crippen molar-refractivity contribution < 1.29 is 4.79 Å². The minimum absolute atomic E-state index is 0.0980. The SMILES string of the molecule is CC(NC(=O)N[C@@H]1CCCc2ccccc21)c1ccn(C)n1. The fourth-order valence-electron chi connectivity index (χ4n) is 3.04. The number of nitrogens with zero attached hydrogens (tertiary/aromatic N) is 2. The van der Waals surface area contributed by atoms with E-state index >= 15 is 0 Å². The first kappa shape index (κ1) is 14.6. The van der Waals surface area contributed by atoms with Crippen molar-refractivity contribution in [3.8, 4) is 0 Å². The van der Waals surface area contributed by atoms with Gasteiger partial charge in [0.05, 0.1) is 17.8 Å². The second-order valence-electron chi connectivity index (χ2n) is 5.90. The van der Waals surface area contributed by atoms with E-state index in [1.807, 2.05) is 32.3 Å². The number of fused-ring (bicyclic) bond motifs is 1. The number of aromatic nitrogens is 2. The van der Waals surface area contributed by atoms with E-state index < -0.39 is 0 Å². The summed E-state index contributed by atoms with van der Waals surface area (Å²) in [5.41, 5.74) is 3.45. The van der Waals surface area contributed by atoms with E-state index in [0.717, 1.165) is 25.0 Å². The number of hydrogen-bond donors (Lipinski definition) is 2. The van der Waals surface area contributed by atoms with Crippen LogP contribution >= 0.6 is 0 Å². The third-order valence-corrected chi connectivity index (χ3v) is 4.20. The first-order valence-corrected chi connectivity index (χ1v) is 7.78. The molecule has 5 nitrogen and oxygen atoms in total. The quantitative estimate of drug-likeness (QED) is 0.915. The van der Waals surface area contributed by atoms with Crippen LogP contribution in [-0.4, -0.2) is 15.8 Å². The van der Waals surface area contributed by atoms with Gasteiger partial charge < -0.3 is 10.6 Å². The molecule has 2 amide bonds. The highest BCUT2D eigenvalue weighted by Gasteiger charge is 2.22. The molecule has 116 valence electrons. The van der Waals surface area contributed by atoms with E-state index in [0.29, 0.717) is 0 Å². The van der Waals surface area contributed by atoms with Gasteiger partial charge in [0.15, 0.2) is 0 Å². The van der Waals surface area contributed by atoms with Gasteiger partial charge in [-0.25, -0.2) is 4.79 Å². The molecule has 5 heteroatoms. The number of rotatable bonds is 3. The number of hydrogen-bond acceptors (Lipinski definition) is 2. The van der Waals surface area contributed by atoms with E-state index in [4.69, 9.17) is 0 Å². The maximum atomic E-state index is 12.3. The lowest BCUT2D eigenvalue weighted by Crippen LogP contribution is -2.40. The predicted octanol–water partition coefficient (Wildman–Crippen LogP) is 2.86. The summed E-state index contributed by atoms with van der Waals surface area (Å²) in [6, 6.07) is 10.1. The summed E-state index contributed by atoms with van der Waals surface area (Å²) < 4.78 is 1.74. The molecule has 0 saturated carbocycles. The van der Waals surface area contributed by atoms with Crippen molar-refractivity contribution in [1.29, 1.82) is 0 Å². The molecule has 3 rings (SSSR count). The van der Waals surface area contributed by atoms with Gasteiger partial charge in [-0.05, 0) is 43.4 Å². The molecule has 0 fully saturated rings. The average molecular weight is 298 g/mol. The first-order valence-electron chi connectivity index (χ1n) is 7.78. The van der Waals surface area contributed by atoms with Gasteiger partial charge >= 0.3 is 6.03 Å². The third kappa shape index (κ3) is 3.13. The predicted molar refractivity (Wildman–Crippen MR) is 85.4 cm³/mol. The van der Waals surface area contributed by atoms with Gasteiger partial charge in [-0.15, -0.1) is 0 Å². The molecular formula is C17H22N4O. The standard InChI is InChI=1S/C17H22N4O/c1-12(15-10-11-21(2)20-15)18-17(22)19-16-9-5-7-13-6-3-4-8-14(13)16/h3-4,6,8,10-12,16H,5,7,9H2,1-2H3,(H2,18,19,22)/t12?,16-/m1/s1. The monoisotopic (exact) mass is 298 g/mol. The summed E-state index contributed by atoms with van der Waals surface area (Å²) in [6.45, 7) is 1.94. The zero-order chi connectivity index (χ0) is 15.5. The molecule has 1 unspecified atom stereocenters. The van der Waals surface area contributed by atoms with Gasteiger partial charge in [-0.3, -0.25) is 4.68 Å². The molecule has 0 radical (unpaired) electrons. The molecule has 1 aliphatic rings. The van der Waals surface area contributed by atoms with Crippen molar-refractivity contribution in [1.82, 2.24) is 20.4 Å². The Morgan fingerprint density at radius 2 is 2.18 bits per heavy atom.